The molecule has 0 saturated heterocycles. The first-order chi connectivity index (χ1) is 8.54. The van der Waals surface area contributed by atoms with Gasteiger partial charge in [-0.15, -0.1) is 0 Å². The van der Waals surface area contributed by atoms with E-state index in [9.17, 15) is 9.59 Å². The van der Waals surface area contributed by atoms with E-state index in [1.165, 1.54) is 18.9 Å². The van der Waals surface area contributed by atoms with Gasteiger partial charge in [-0.25, -0.2) is 4.79 Å². The average molecular weight is 269 g/mol. The maximum absolute atomic E-state index is 11.3. The van der Waals surface area contributed by atoms with Crippen molar-refractivity contribution in [1.29, 1.82) is 0 Å². The Labute approximate surface area is 109 Å². The lowest BCUT2D eigenvalue weighted by atomic mass is 10.1. The highest BCUT2D eigenvalue weighted by Crippen LogP contribution is 2.15. The number of hydrogen-bond acceptors (Lipinski definition) is 5. The lowest BCUT2D eigenvalue weighted by molar-refractivity contribution is -0.137. The Kier molecular flexibility index (Phi) is 5.67. The summed E-state index contributed by atoms with van der Waals surface area (Å²) in [7, 11) is 1.33. The molecule has 0 radical (unpaired) electrons. The largest absolute Gasteiger partial charge is 0.480 e. The van der Waals surface area contributed by atoms with Crippen LogP contribution in [0.1, 0.15) is 15.9 Å². The van der Waals surface area contributed by atoms with Crippen molar-refractivity contribution in [3.8, 4) is 0 Å². The summed E-state index contributed by atoms with van der Waals surface area (Å²) >= 11 is 1.41. The fourth-order valence-corrected chi connectivity index (χ4v) is 2.21. The number of methoxy groups -OCH3 is 1. The van der Waals surface area contributed by atoms with Gasteiger partial charge in [0.25, 0.3) is 0 Å². The molecule has 0 amide bonds. The Hall–Kier alpha value is -1.53. The minimum atomic E-state index is -1.01. The van der Waals surface area contributed by atoms with Crippen molar-refractivity contribution < 1.29 is 19.4 Å². The summed E-state index contributed by atoms with van der Waals surface area (Å²) < 4.78 is 4.62. The third kappa shape index (κ3) is 4.38. The first-order valence-electron chi connectivity index (χ1n) is 5.28. The van der Waals surface area contributed by atoms with Crippen molar-refractivity contribution in [2.45, 2.75) is 11.8 Å². The van der Waals surface area contributed by atoms with Crippen molar-refractivity contribution in [3.05, 3.63) is 35.4 Å². The van der Waals surface area contributed by atoms with Crippen molar-refractivity contribution in [2.75, 3.05) is 12.9 Å². The lowest BCUT2D eigenvalue weighted by Gasteiger charge is -2.07. The van der Waals surface area contributed by atoms with Crippen molar-refractivity contribution in [1.82, 2.24) is 0 Å². The molecule has 1 aromatic carbocycles. The van der Waals surface area contributed by atoms with E-state index >= 15 is 0 Å². The van der Waals surface area contributed by atoms with E-state index in [1.807, 2.05) is 6.07 Å². The number of carbonyl (C=O) groups is 2. The summed E-state index contributed by atoms with van der Waals surface area (Å²) in [4.78, 5) is 21.8. The van der Waals surface area contributed by atoms with E-state index in [2.05, 4.69) is 4.74 Å². The van der Waals surface area contributed by atoms with E-state index in [4.69, 9.17) is 10.8 Å². The summed E-state index contributed by atoms with van der Waals surface area (Å²) in [5.74, 6) is -0.459. The number of thioether (sulfide) groups is 1. The molecule has 0 heterocycles. The van der Waals surface area contributed by atoms with Crippen LogP contribution in [-0.2, 0) is 15.3 Å². The molecule has 0 unspecified atom stereocenters. The quantitative estimate of drug-likeness (QED) is 0.752. The van der Waals surface area contributed by atoms with Gasteiger partial charge in [-0.1, -0.05) is 12.1 Å². The SMILES string of the molecule is COC(=O)c1cccc(CSC[C@H](N)C(=O)O)c1. The number of rotatable bonds is 6. The number of esters is 1. The van der Waals surface area contributed by atoms with Crippen molar-refractivity contribution >= 4 is 23.7 Å². The Balaban J connectivity index is 2.53. The van der Waals surface area contributed by atoms with Crippen LogP contribution in [0.15, 0.2) is 24.3 Å². The zero-order valence-electron chi connectivity index (χ0n) is 9.96. The third-order valence-corrected chi connectivity index (χ3v) is 3.36. The molecule has 98 valence electrons. The number of ether oxygens (including phenoxy) is 1. The van der Waals surface area contributed by atoms with E-state index in [1.54, 1.807) is 18.2 Å². The molecule has 0 spiro atoms. The minimum Gasteiger partial charge on any atom is -0.480 e. The maximum Gasteiger partial charge on any atom is 0.337 e. The van der Waals surface area contributed by atoms with Gasteiger partial charge in [-0.2, -0.15) is 11.8 Å². The minimum absolute atomic E-state index is 0.331. The zero-order chi connectivity index (χ0) is 13.5. The second kappa shape index (κ2) is 7.03. The van der Waals surface area contributed by atoms with Crippen LogP contribution < -0.4 is 5.73 Å². The van der Waals surface area contributed by atoms with Gasteiger partial charge >= 0.3 is 11.9 Å². The molecule has 0 aliphatic rings. The molecule has 1 atom stereocenters. The van der Waals surface area contributed by atoms with Gasteiger partial charge in [0.1, 0.15) is 6.04 Å². The fourth-order valence-electron chi connectivity index (χ4n) is 1.28. The van der Waals surface area contributed by atoms with Crippen molar-refractivity contribution in [3.63, 3.8) is 0 Å². The van der Waals surface area contributed by atoms with Gasteiger partial charge in [-0.05, 0) is 17.7 Å². The molecule has 0 bridgehead atoms. The van der Waals surface area contributed by atoms with Gasteiger partial charge in [0.05, 0.1) is 12.7 Å². The number of carbonyl (C=O) groups excluding carboxylic acids is 1. The standard InChI is InChI=1S/C12H15NO4S/c1-17-12(16)9-4-2-3-8(5-9)6-18-7-10(13)11(14)15/h2-5,10H,6-7,13H2,1H3,(H,14,15)/t10-/m0/s1. The molecule has 1 aromatic rings. The summed E-state index contributed by atoms with van der Waals surface area (Å²) in [6.07, 6.45) is 0. The molecule has 18 heavy (non-hydrogen) atoms. The van der Waals surface area contributed by atoms with Gasteiger partial charge in [0.2, 0.25) is 0 Å². The molecule has 0 aliphatic heterocycles. The molecule has 0 fully saturated rings. The van der Waals surface area contributed by atoms with Crippen LogP contribution in [0, 0.1) is 0 Å². The van der Waals surface area contributed by atoms with Gasteiger partial charge in [0, 0.05) is 11.5 Å². The molecule has 5 nitrogen and oxygen atoms in total. The highest BCUT2D eigenvalue weighted by Gasteiger charge is 2.11. The van der Waals surface area contributed by atoms with Crippen LogP contribution in [0.4, 0.5) is 0 Å². The van der Waals surface area contributed by atoms with Crippen molar-refractivity contribution in [2.24, 2.45) is 5.73 Å². The highest BCUT2D eigenvalue weighted by atomic mass is 32.2. The molecule has 6 heteroatoms. The molecular weight excluding hydrogens is 254 g/mol. The maximum atomic E-state index is 11.3. The predicted octanol–water partition coefficient (Wildman–Crippen LogP) is 1.12. The second-order valence-electron chi connectivity index (χ2n) is 3.65. The number of benzene rings is 1. The molecular formula is C12H15NO4S. The fraction of sp³-hybridized carbons (Fsp3) is 0.333. The zero-order valence-corrected chi connectivity index (χ0v) is 10.8. The molecule has 0 saturated carbocycles. The Morgan fingerprint density at radius 1 is 1.50 bits per heavy atom. The molecule has 3 N–H and O–H groups in total. The van der Waals surface area contributed by atoms with Crippen LogP contribution in [-0.4, -0.2) is 35.9 Å². The van der Waals surface area contributed by atoms with Crippen LogP contribution in [0.2, 0.25) is 0 Å². The Morgan fingerprint density at radius 2 is 2.22 bits per heavy atom. The van der Waals surface area contributed by atoms with E-state index in [-0.39, 0.29) is 5.97 Å². The number of hydrogen-bond donors (Lipinski definition) is 2. The summed E-state index contributed by atoms with van der Waals surface area (Å²) in [6, 6.07) is 6.16. The van der Waals surface area contributed by atoms with E-state index in [0.29, 0.717) is 17.1 Å². The third-order valence-electron chi connectivity index (χ3n) is 2.23. The average Bonchev–Trinajstić information content (AvgIpc) is 2.37. The smallest absolute Gasteiger partial charge is 0.337 e. The molecule has 0 aromatic heterocycles. The summed E-state index contributed by atoms with van der Waals surface area (Å²) in [6.45, 7) is 0. The first-order valence-corrected chi connectivity index (χ1v) is 6.43. The van der Waals surface area contributed by atoms with E-state index in [0.717, 1.165) is 5.56 Å². The Morgan fingerprint density at radius 3 is 2.83 bits per heavy atom. The molecule has 1 rings (SSSR count). The number of aliphatic carboxylic acids is 1. The van der Waals surface area contributed by atoms with Gasteiger partial charge in [0.15, 0.2) is 0 Å². The van der Waals surface area contributed by atoms with Crippen LogP contribution in [0.3, 0.4) is 0 Å². The van der Waals surface area contributed by atoms with E-state index < -0.39 is 12.0 Å². The summed E-state index contributed by atoms with van der Waals surface area (Å²) in [5.41, 5.74) is 6.80. The Bertz CT molecular complexity index is 436. The molecule has 0 aliphatic carbocycles. The van der Waals surface area contributed by atoms with Crippen LogP contribution in [0.25, 0.3) is 0 Å². The number of carboxylic acids is 1. The van der Waals surface area contributed by atoms with Crippen LogP contribution in [0.5, 0.6) is 0 Å². The number of nitrogens with two attached hydrogens (primary N) is 1. The highest BCUT2D eigenvalue weighted by molar-refractivity contribution is 7.98. The van der Waals surface area contributed by atoms with Crippen LogP contribution >= 0.6 is 11.8 Å². The number of carboxylic acid groups (broad SMARTS) is 1. The first kappa shape index (κ1) is 14.5. The monoisotopic (exact) mass is 269 g/mol. The second-order valence-corrected chi connectivity index (χ2v) is 4.68. The summed E-state index contributed by atoms with van der Waals surface area (Å²) in [5, 5.41) is 8.63. The topological polar surface area (TPSA) is 89.6 Å². The van der Waals surface area contributed by atoms with Gasteiger partial charge in [-0.3, -0.25) is 4.79 Å². The normalized spacial score (nSPS) is 11.9. The lowest BCUT2D eigenvalue weighted by Crippen LogP contribution is -2.32. The predicted molar refractivity (Wildman–Crippen MR) is 69.6 cm³/mol. The van der Waals surface area contributed by atoms with Gasteiger partial charge < -0.3 is 15.6 Å².